The molecule has 0 aromatic heterocycles. The zero-order valence-corrected chi connectivity index (χ0v) is 4.14. The maximum absolute atomic E-state index is 9.62. The van der Waals surface area contributed by atoms with Gasteiger partial charge in [-0.3, -0.25) is 4.79 Å². The predicted octanol–water partition coefficient (Wildman–Crippen LogP) is -0.000500. The quantitative estimate of drug-likeness (QED) is 0.482. The van der Waals surface area contributed by atoms with Crippen molar-refractivity contribution < 1.29 is 14.7 Å². The predicted molar refractivity (Wildman–Crippen MR) is 25.1 cm³/mol. The molecule has 0 rings (SSSR count). The summed E-state index contributed by atoms with van der Waals surface area (Å²) in [6.07, 6.45) is 0.904. The van der Waals surface area contributed by atoms with E-state index in [1.807, 2.05) is 0 Å². The van der Waals surface area contributed by atoms with Crippen LogP contribution in [0.1, 0.15) is 6.42 Å². The van der Waals surface area contributed by atoms with Crippen molar-refractivity contribution in [1.82, 2.24) is 0 Å². The van der Waals surface area contributed by atoms with E-state index < -0.39 is 12.4 Å². The third kappa shape index (κ3) is 3.08. The maximum atomic E-state index is 9.62. The molecule has 0 saturated carbocycles. The van der Waals surface area contributed by atoms with Crippen molar-refractivity contribution in [2.24, 2.45) is 0 Å². The standard InChI is InChI=1S/C5H4O3/c1-4(3-6)2-5(7)8/h1-2H2. The Hall–Kier alpha value is -1.12. The van der Waals surface area contributed by atoms with Gasteiger partial charge in [0, 0.05) is 5.57 Å². The number of hydrogen-bond acceptors (Lipinski definition) is 2. The Labute approximate surface area is 46.6 Å². The summed E-state index contributed by atoms with van der Waals surface area (Å²) in [5.41, 5.74) is -0.0926. The van der Waals surface area contributed by atoms with Gasteiger partial charge in [-0.05, 0) is 0 Å². The second-order valence-electron chi connectivity index (χ2n) is 1.25. The second kappa shape index (κ2) is 2.96. The average molecular weight is 112 g/mol. The van der Waals surface area contributed by atoms with E-state index in [2.05, 4.69) is 6.58 Å². The first-order chi connectivity index (χ1) is 3.66. The minimum Gasteiger partial charge on any atom is -0.285 e. The minimum atomic E-state index is -1.31. The molecule has 0 aliphatic rings. The summed E-state index contributed by atoms with van der Waals surface area (Å²) in [6, 6.07) is 0. The molecule has 0 aliphatic heterocycles. The van der Waals surface area contributed by atoms with Crippen molar-refractivity contribution in [3.63, 3.8) is 0 Å². The molecule has 0 saturated heterocycles. The van der Waals surface area contributed by atoms with Crippen LogP contribution in [0.5, 0.6) is 0 Å². The molecule has 2 radical (unpaired) electrons. The number of carbonyl (C=O) groups excluding carboxylic acids is 2. The van der Waals surface area contributed by atoms with Crippen LogP contribution < -0.4 is 0 Å². The molecular formula is C5H4O3. The van der Waals surface area contributed by atoms with Gasteiger partial charge in [0.05, 0.1) is 6.42 Å². The van der Waals surface area contributed by atoms with Gasteiger partial charge in [0.25, 0.3) is 0 Å². The molecule has 3 heteroatoms. The van der Waals surface area contributed by atoms with Crippen molar-refractivity contribution in [2.45, 2.75) is 6.42 Å². The molecule has 0 unspecified atom stereocenters. The van der Waals surface area contributed by atoms with Gasteiger partial charge in [0.1, 0.15) is 0 Å². The van der Waals surface area contributed by atoms with E-state index in [0.29, 0.717) is 0 Å². The fourth-order valence-electron chi connectivity index (χ4n) is 0.210. The van der Waals surface area contributed by atoms with Gasteiger partial charge < -0.3 is 0 Å². The van der Waals surface area contributed by atoms with Crippen LogP contribution in [0, 0.1) is 0 Å². The van der Waals surface area contributed by atoms with Crippen molar-refractivity contribution in [3.05, 3.63) is 12.2 Å². The first kappa shape index (κ1) is 6.88. The molecular weight excluding hydrogens is 108 g/mol. The molecule has 0 amide bonds. The molecule has 0 fully saturated rings. The average Bonchev–Trinajstić information content (AvgIpc) is 1.65. The lowest BCUT2D eigenvalue weighted by Crippen LogP contribution is -1.94. The topological polar surface area (TPSA) is 54.0 Å². The summed E-state index contributed by atoms with van der Waals surface area (Å²) < 4.78 is 0. The molecule has 0 heterocycles. The number of hydrogen-bond donors (Lipinski definition) is 0. The Kier molecular flexibility index (Phi) is 2.54. The maximum Gasteiger partial charge on any atom is 0.360 e. The number of rotatable bonds is 3. The van der Waals surface area contributed by atoms with Crippen molar-refractivity contribution >= 4 is 12.3 Å². The van der Waals surface area contributed by atoms with Gasteiger partial charge in [-0.15, -0.1) is 0 Å². The summed E-state index contributed by atoms with van der Waals surface area (Å²) in [5.74, 6) is -1.31. The third-order valence-corrected chi connectivity index (χ3v) is 0.502. The molecule has 0 atom stereocenters. The molecule has 0 aromatic carbocycles. The molecule has 42 valence electrons. The molecule has 8 heavy (non-hydrogen) atoms. The van der Waals surface area contributed by atoms with Crippen LogP contribution in [0.25, 0.3) is 0 Å². The van der Waals surface area contributed by atoms with Crippen LogP contribution in [0.15, 0.2) is 12.2 Å². The highest BCUT2D eigenvalue weighted by molar-refractivity contribution is 5.82. The normalized spacial score (nSPS) is 8.00. The summed E-state index contributed by atoms with van der Waals surface area (Å²) in [5, 5.41) is 9.62. The fraction of sp³-hybridized carbons (Fsp3) is 0.200. The lowest BCUT2D eigenvalue weighted by molar-refractivity contribution is -0.142. The zero-order valence-electron chi connectivity index (χ0n) is 4.14. The van der Waals surface area contributed by atoms with Gasteiger partial charge in [-0.25, -0.2) is 9.90 Å². The largest absolute Gasteiger partial charge is 0.360 e. The van der Waals surface area contributed by atoms with Crippen molar-refractivity contribution in [1.29, 1.82) is 0 Å². The van der Waals surface area contributed by atoms with Gasteiger partial charge in [0.2, 0.25) is 6.29 Å². The van der Waals surface area contributed by atoms with Crippen LogP contribution in [0.3, 0.4) is 0 Å². The van der Waals surface area contributed by atoms with Crippen molar-refractivity contribution in [3.8, 4) is 0 Å². The molecule has 0 bridgehead atoms. The van der Waals surface area contributed by atoms with E-state index >= 15 is 0 Å². The first-order valence-electron chi connectivity index (χ1n) is 1.92. The smallest absolute Gasteiger partial charge is 0.285 e. The lowest BCUT2D eigenvalue weighted by atomic mass is 10.2. The number of carbonyl (C=O) groups is 1. The van der Waals surface area contributed by atoms with Crippen LogP contribution in [-0.2, 0) is 14.7 Å². The Morgan fingerprint density at radius 3 is 2.25 bits per heavy atom. The third-order valence-electron chi connectivity index (χ3n) is 0.502. The van der Waals surface area contributed by atoms with Gasteiger partial charge in [-0.1, -0.05) is 6.58 Å². The van der Waals surface area contributed by atoms with E-state index in [-0.39, 0.29) is 5.57 Å². The lowest BCUT2D eigenvalue weighted by Gasteiger charge is -1.81. The fourth-order valence-corrected chi connectivity index (χ4v) is 0.210. The van der Waals surface area contributed by atoms with Crippen LogP contribution in [0.4, 0.5) is 0 Å². The Bertz CT molecular complexity index is 126. The van der Waals surface area contributed by atoms with Crippen LogP contribution >= 0.6 is 0 Å². The highest BCUT2D eigenvalue weighted by atomic mass is 16.4. The monoisotopic (exact) mass is 112 g/mol. The van der Waals surface area contributed by atoms with E-state index in [1.54, 1.807) is 0 Å². The Morgan fingerprint density at radius 2 is 2.12 bits per heavy atom. The van der Waals surface area contributed by atoms with Crippen LogP contribution in [0.2, 0.25) is 0 Å². The molecule has 0 aliphatic carbocycles. The summed E-state index contributed by atoms with van der Waals surface area (Å²) in [6.45, 7) is 3.07. The van der Waals surface area contributed by atoms with Gasteiger partial charge in [-0.2, -0.15) is 0 Å². The molecule has 3 nitrogen and oxygen atoms in total. The van der Waals surface area contributed by atoms with Crippen LogP contribution in [-0.4, -0.2) is 12.3 Å². The zero-order chi connectivity index (χ0) is 6.57. The van der Waals surface area contributed by atoms with Gasteiger partial charge >= 0.3 is 5.97 Å². The Morgan fingerprint density at radius 1 is 1.62 bits per heavy atom. The Balaban J connectivity index is 3.55. The highest BCUT2D eigenvalue weighted by Crippen LogP contribution is 1.90. The summed E-state index contributed by atoms with van der Waals surface area (Å²) in [7, 11) is 0. The highest BCUT2D eigenvalue weighted by Gasteiger charge is 2.01. The van der Waals surface area contributed by atoms with E-state index in [0.717, 1.165) is 0 Å². The minimum absolute atomic E-state index is 0.0926. The summed E-state index contributed by atoms with van der Waals surface area (Å²) in [4.78, 5) is 19.1. The summed E-state index contributed by atoms with van der Waals surface area (Å²) >= 11 is 0. The molecule has 0 spiro atoms. The van der Waals surface area contributed by atoms with Gasteiger partial charge in [0.15, 0.2) is 0 Å². The first-order valence-corrected chi connectivity index (χ1v) is 1.92. The van der Waals surface area contributed by atoms with E-state index in [1.165, 1.54) is 6.29 Å². The van der Waals surface area contributed by atoms with Crippen molar-refractivity contribution in [2.75, 3.05) is 0 Å². The molecule has 0 aromatic rings. The molecule has 0 N–H and O–H groups in total. The van der Waals surface area contributed by atoms with E-state index in [4.69, 9.17) is 0 Å². The SMILES string of the molecule is C=C([C]=O)CC([O])=O. The second-order valence-corrected chi connectivity index (χ2v) is 1.25. The van der Waals surface area contributed by atoms with E-state index in [9.17, 15) is 14.7 Å².